The van der Waals surface area contributed by atoms with Gasteiger partial charge in [0.15, 0.2) is 0 Å². The molecule has 80 valence electrons. The van der Waals surface area contributed by atoms with Gasteiger partial charge in [-0.2, -0.15) is 0 Å². The molecule has 2 heterocycles. The number of hydrogen-bond acceptors (Lipinski definition) is 5. The number of carboxylic acid groups (broad SMARTS) is 1. The third-order valence-corrected chi connectivity index (χ3v) is 2.36. The van der Waals surface area contributed by atoms with E-state index in [0.717, 1.165) is 6.42 Å². The van der Waals surface area contributed by atoms with Crippen LogP contribution in [0.3, 0.4) is 0 Å². The summed E-state index contributed by atoms with van der Waals surface area (Å²) in [5, 5.41) is 8.74. The summed E-state index contributed by atoms with van der Waals surface area (Å²) in [4.78, 5) is 18.6. The van der Waals surface area contributed by atoms with E-state index >= 15 is 0 Å². The number of ether oxygens (including phenoxy) is 1. The number of aromatic carboxylic acids is 1. The lowest BCUT2D eigenvalue weighted by Crippen LogP contribution is -2.11. The largest absolute Gasteiger partial charge is 0.477 e. The second-order valence-corrected chi connectivity index (χ2v) is 3.39. The van der Waals surface area contributed by atoms with Crippen LogP contribution in [-0.2, 0) is 4.74 Å². The number of rotatable bonds is 2. The van der Waals surface area contributed by atoms with Crippen LogP contribution in [0.1, 0.15) is 28.5 Å². The maximum atomic E-state index is 10.7. The van der Waals surface area contributed by atoms with E-state index < -0.39 is 5.97 Å². The van der Waals surface area contributed by atoms with Gasteiger partial charge in [0.2, 0.25) is 0 Å². The Morgan fingerprint density at radius 2 is 2.47 bits per heavy atom. The minimum Gasteiger partial charge on any atom is -0.477 e. The Labute approximate surface area is 86.1 Å². The maximum Gasteiger partial charge on any atom is 0.341 e. The number of nitrogens with zero attached hydrogens (tertiary/aromatic N) is 2. The minimum atomic E-state index is -1.11. The van der Waals surface area contributed by atoms with E-state index in [9.17, 15) is 4.79 Å². The molecule has 1 aromatic rings. The molecule has 0 aromatic carbocycles. The highest BCUT2D eigenvalue weighted by Gasteiger charge is 2.22. The third-order valence-electron chi connectivity index (χ3n) is 2.36. The van der Waals surface area contributed by atoms with Crippen LogP contribution < -0.4 is 5.73 Å². The van der Waals surface area contributed by atoms with Crippen LogP contribution in [0.2, 0.25) is 0 Å². The molecule has 1 aliphatic rings. The number of aromatic nitrogens is 2. The molecule has 15 heavy (non-hydrogen) atoms. The monoisotopic (exact) mass is 209 g/mol. The van der Waals surface area contributed by atoms with Crippen molar-refractivity contribution >= 4 is 11.8 Å². The summed E-state index contributed by atoms with van der Waals surface area (Å²) in [7, 11) is 0. The van der Waals surface area contributed by atoms with Crippen molar-refractivity contribution < 1.29 is 14.6 Å². The van der Waals surface area contributed by atoms with E-state index in [0.29, 0.717) is 19.0 Å². The Morgan fingerprint density at radius 3 is 3.00 bits per heavy atom. The standard InChI is InChI=1S/C9H11N3O3/c10-7-6(9(13)14)3-11-8(12-7)5-1-2-15-4-5/h3,5H,1-2,4H2,(H,13,14)(H2,10,11,12). The SMILES string of the molecule is Nc1nc(C2CCOC2)ncc1C(=O)O. The molecule has 0 aliphatic carbocycles. The van der Waals surface area contributed by atoms with E-state index in [1.807, 2.05) is 0 Å². The first-order chi connectivity index (χ1) is 7.18. The van der Waals surface area contributed by atoms with Gasteiger partial charge in [-0.05, 0) is 6.42 Å². The zero-order valence-corrected chi connectivity index (χ0v) is 8.01. The maximum absolute atomic E-state index is 10.7. The number of anilines is 1. The summed E-state index contributed by atoms with van der Waals surface area (Å²) < 4.78 is 5.19. The van der Waals surface area contributed by atoms with Crippen LogP contribution in [-0.4, -0.2) is 34.3 Å². The molecule has 1 aromatic heterocycles. The second kappa shape index (κ2) is 3.82. The first-order valence-corrected chi connectivity index (χ1v) is 4.62. The van der Waals surface area contributed by atoms with Crippen molar-refractivity contribution in [2.24, 2.45) is 0 Å². The fraction of sp³-hybridized carbons (Fsp3) is 0.444. The Bertz CT molecular complexity index is 388. The fourth-order valence-electron chi connectivity index (χ4n) is 1.51. The smallest absolute Gasteiger partial charge is 0.341 e. The molecular weight excluding hydrogens is 198 g/mol. The van der Waals surface area contributed by atoms with Gasteiger partial charge in [0.1, 0.15) is 17.2 Å². The summed E-state index contributed by atoms with van der Waals surface area (Å²) in [6, 6.07) is 0. The van der Waals surface area contributed by atoms with E-state index in [2.05, 4.69) is 9.97 Å². The van der Waals surface area contributed by atoms with Gasteiger partial charge in [-0.25, -0.2) is 14.8 Å². The zero-order chi connectivity index (χ0) is 10.8. The second-order valence-electron chi connectivity index (χ2n) is 3.39. The molecule has 3 N–H and O–H groups in total. The van der Waals surface area contributed by atoms with Crippen molar-refractivity contribution in [2.75, 3.05) is 18.9 Å². The summed E-state index contributed by atoms with van der Waals surface area (Å²) in [6.07, 6.45) is 2.10. The Hall–Kier alpha value is -1.69. The van der Waals surface area contributed by atoms with Gasteiger partial charge in [-0.3, -0.25) is 0 Å². The topological polar surface area (TPSA) is 98.3 Å². The number of carbonyl (C=O) groups is 1. The molecular formula is C9H11N3O3. The number of nitrogens with two attached hydrogens (primary N) is 1. The van der Waals surface area contributed by atoms with Crippen molar-refractivity contribution in [3.63, 3.8) is 0 Å². The highest BCUT2D eigenvalue weighted by atomic mass is 16.5. The van der Waals surface area contributed by atoms with Crippen molar-refractivity contribution in [1.82, 2.24) is 9.97 Å². The summed E-state index contributed by atoms with van der Waals surface area (Å²) in [6.45, 7) is 1.26. The fourth-order valence-corrected chi connectivity index (χ4v) is 1.51. The molecule has 0 bridgehead atoms. The molecule has 1 fully saturated rings. The quantitative estimate of drug-likeness (QED) is 0.725. The Morgan fingerprint density at radius 1 is 1.67 bits per heavy atom. The highest BCUT2D eigenvalue weighted by Crippen LogP contribution is 2.23. The van der Waals surface area contributed by atoms with Gasteiger partial charge in [0.25, 0.3) is 0 Å². The first kappa shape index (κ1) is 9.85. The predicted octanol–water partition coefficient (Wildman–Crippen LogP) is 0.261. The van der Waals surface area contributed by atoms with Crippen molar-refractivity contribution in [3.05, 3.63) is 17.6 Å². The molecule has 2 rings (SSSR count). The van der Waals surface area contributed by atoms with E-state index in [4.69, 9.17) is 15.6 Å². The van der Waals surface area contributed by atoms with Crippen molar-refractivity contribution in [3.8, 4) is 0 Å². The van der Waals surface area contributed by atoms with Crippen LogP contribution in [0.15, 0.2) is 6.20 Å². The highest BCUT2D eigenvalue weighted by molar-refractivity contribution is 5.92. The third kappa shape index (κ3) is 1.89. The Kier molecular flexibility index (Phi) is 2.51. The van der Waals surface area contributed by atoms with Gasteiger partial charge in [-0.1, -0.05) is 0 Å². The average molecular weight is 209 g/mol. The average Bonchev–Trinajstić information content (AvgIpc) is 2.69. The summed E-state index contributed by atoms with van der Waals surface area (Å²) >= 11 is 0. The lowest BCUT2D eigenvalue weighted by molar-refractivity contribution is 0.0697. The number of carboxylic acids is 1. The van der Waals surface area contributed by atoms with Gasteiger partial charge < -0.3 is 15.6 Å². The molecule has 0 saturated carbocycles. The van der Waals surface area contributed by atoms with E-state index in [1.165, 1.54) is 6.20 Å². The van der Waals surface area contributed by atoms with Gasteiger partial charge in [0.05, 0.1) is 6.61 Å². The van der Waals surface area contributed by atoms with Gasteiger partial charge >= 0.3 is 5.97 Å². The number of hydrogen-bond donors (Lipinski definition) is 2. The predicted molar refractivity (Wildman–Crippen MR) is 51.6 cm³/mol. The van der Waals surface area contributed by atoms with Crippen LogP contribution in [0.25, 0.3) is 0 Å². The van der Waals surface area contributed by atoms with Crippen molar-refractivity contribution in [1.29, 1.82) is 0 Å². The summed E-state index contributed by atoms with van der Waals surface area (Å²) in [5.41, 5.74) is 5.46. The lowest BCUT2D eigenvalue weighted by Gasteiger charge is -2.07. The Balaban J connectivity index is 2.28. The van der Waals surface area contributed by atoms with Gasteiger partial charge in [-0.15, -0.1) is 0 Å². The van der Waals surface area contributed by atoms with E-state index in [1.54, 1.807) is 0 Å². The summed E-state index contributed by atoms with van der Waals surface area (Å²) in [5.74, 6) is -0.397. The van der Waals surface area contributed by atoms with Gasteiger partial charge in [0, 0.05) is 18.7 Å². The van der Waals surface area contributed by atoms with Crippen molar-refractivity contribution in [2.45, 2.75) is 12.3 Å². The lowest BCUT2D eigenvalue weighted by atomic mass is 10.1. The van der Waals surface area contributed by atoms with Crippen LogP contribution in [0.5, 0.6) is 0 Å². The molecule has 1 unspecified atom stereocenters. The molecule has 6 heteroatoms. The molecule has 1 saturated heterocycles. The first-order valence-electron chi connectivity index (χ1n) is 4.62. The van der Waals surface area contributed by atoms with Crippen LogP contribution >= 0.6 is 0 Å². The van der Waals surface area contributed by atoms with Crippen LogP contribution in [0.4, 0.5) is 5.82 Å². The van der Waals surface area contributed by atoms with Crippen LogP contribution in [0, 0.1) is 0 Å². The molecule has 1 aliphatic heterocycles. The zero-order valence-electron chi connectivity index (χ0n) is 8.01. The van der Waals surface area contributed by atoms with E-state index in [-0.39, 0.29) is 17.3 Å². The molecule has 0 spiro atoms. The molecule has 6 nitrogen and oxygen atoms in total. The minimum absolute atomic E-state index is 0.0133. The molecule has 1 atom stereocenters. The number of nitrogen functional groups attached to an aromatic ring is 1. The normalized spacial score (nSPS) is 20.4. The molecule has 0 amide bonds. The molecule has 0 radical (unpaired) electrons.